The van der Waals surface area contributed by atoms with E-state index in [0.29, 0.717) is 5.56 Å². The Bertz CT molecular complexity index is 1260. The molecule has 1 saturated carbocycles. The predicted molar refractivity (Wildman–Crippen MR) is 122 cm³/mol. The Morgan fingerprint density at radius 3 is 2.26 bits per heavy atom. The SMILES string of the molecule is CN(C)C(=O)c1ccc(O)c2c1C[C@H]1C[C@H]3C(N(C)C)C(=O)C(C(N)=O)=C(O)[C@@]3(O)C(=O)C1=C2O. The van der Waals surface area contributed by atoms with E-state index in [0.717, 1.165) is 0 Å². The van der Waals surface area contributed by atoms with E-state index in [1.807, 2.05) is 0 Å². The molecule has 0 aromatic heterocycles. The number of likely N-dealkylation sites (N-methyl/N-ethyl adjacent to an activating group) is 1. The van der Waals surface area contributed by atoms with Crippen molar-refractivity contribution in [3.8, 4) is 5.75 Å². The number of rotatable bonds is 3. The second-order valence-corrected chi connectivity index (χ2v) is 9.65. The average molecular weight is 485 g/mol. The van der Waals surface area contributed by atoms with E-state index >= 15 is 0 Å². The number of nitrogens with zero attached hydrogens (tertiary/aromatic N) is 2. The van der Waals surface area contributed by atoms with E-state index in [9.17, 15) is 39.6 Å². The minimum absolute atomic E-state index is 0.0446. The topological polar surface area (TPSA) is 182 Å². The highest BCUT2D eigenvalue weighted by molar-refractivity contribution is 6.24. The molecule has 35 heavy (non-hydrogen) atoms. The summed E-state index contributed by atoms with van der Waals surface area (Å²) in [4.78, 5) is 54.3. The first-order valence-electron chi connectivity index (χ1n) is 11.0. The molecule has 11 nitrogen and oxygen atoms in total. The van der Waals surface area contributed by atoms with Crippen LogP contribution in [0.3, 0.4) is 0 Å². The van der Waals surface area contributed by atoms with Crippen molar-refractivity contribution >= 4 is 29.1 Å². The van der Waals surface area contributed by atoms with Gasteiger partial charge in [-0.25, -0.2) is 0 Å². The molecule has 0 radical (unpaired) electrons. The maximum Gasteiger partial charge on any atom is 0.255 e. The lowest BCUT2D eigenvalue weighted by Gasteiger charge is -2.50. The number of phenolic OH excluding ortho intramolecular Hbond substituents is 1. The van der Waals surface area contributed by atoms with E-state index in [1.165, 1.54) is 36.0 Å². The number of carbonyl (C=O) groups excluding carboxylic acids is 4. The fourth-order valence-corrected chi connectivity index (χ4v) is 5.69. The molecule has 0 aliphatic heterocycles. The van der Waals surface area contributed by atoms with Crippen LogP contribution in [0.5, 0.6) is 5.75 Å². The van der Waals surface area contributed by atoms with Crippen molar-refractivity contribution in [3.05, 3.63) is 45.7 Å². The van der Waals surface area contributed by atoms with Gasteiger partial charge < -0.3 is 31.1 Å². The highest BCUT2D eigenvalue weighted by Gasteiger charge is 2.64. The minimum atomic E-state index is -2.70. The Morgan fingerprint density at radius 2 is 1.71 bits per heavy atom. The second kappa shape index (κ2) is 7.92. The zero-order valence-electron chi connectivity index (χ0n) is 19.7. The maximum atomic E-state index is 13.7. The average Bonchev–Trinajstić information content (AvgIpc) is 2.75. The molecule has 1 unspecified atom stereocenters. The third-order valence-corrected chi connectivity index (χ3v) is 7.24. The van der Waals surface area contributed by atoms with Crippen LogP contribution < -0.4 is 5.73 Å². The summed E-state index contributed by atoms with van der Waals surface area (Å²) in [6.07, 6.45) is 0.00879. The maximum absolute atomic E-state index is 13.7. The molecule has 6 N–H and O–H groups in total. The van der Waals surface area contributed by atoms with Crippen LogP contribution >= 0.6 is 0 Å². The lowest BCUT2D eigenvalue weighted by Crippen LogP contribution is -2.65. The van der Waals surface area contributed by atoms with E-state index in [1.54, 1.807) is 14.1 Å². The highest BCUT2D eigenvalue weighted by atomic mass is 16.3. The largest absolute Gasteiger partial charge is 0.508 e. The Balaban J connectivity index is 1.98. The van der Waals surface area contributed by atoms with Gasteiger partial charge in [0, 0.05) is 31.1 Å². The quantitative estimate of drug-likeness (QED) is 0.358. The molecule has 4 rings (SSSR count). The summed E-state index contributed by atoms with van der Waals surface area (Å²) in [7, 11) is 6.16. The van der Waals surface area contributed by atoms with Gasteiger partial charge in [0.05, 0.1) is 11.6 Å². The molecule has 0 bridgehead atoms. The Kier molecular flexibility index (Phi) is 5.53. The van der Waals surface area contributed by atoms with Crippen molar-refractivity contribution in [2.75, 3.05) is 28.2 Å². The molecule has 0 saturated heterocycles. The van der Waals surface area contributed by atoms with Gasteiger partial charge in [-0.3, -0.25) is 24.1 Å². The van der Waals surface area contributed by atoms with Crippen LogP contribution in [0.4, 0.5) is 0 Å². The fraction of sp³-hybridized carbons (Fsp3) is 0.417. The monoisotopic (exact) mass is 485 g/mol. The van der Waals surface area contributed by atoms with Crippen molar-refractivity contribution in [1.82, 2.24) is 9.80 Å². The van der Waals surface area contributed by atoms with Gasteiger partial charge in [-0.1, -0.05) is 0 Å². The number of aliphatic hydroxyl groups excluding tert-OH is 2. The van der Waals surface area contributed by atoms with Gasteiger partial charge in [-0.05, 0) is 50.6 Å². The number of Topliss-reactive ketones (excluding diaryl/α,β-unsaturated/α-hetero) is 2. The molecule has 3 aliphatic carbocycles. The Labute approximate surface area is 200 Å². The number of aliphatic hydroxyl groups is 3. The van der Waals surface area contributed by atoms with Crippen molar-refractivity contribution in [2.45, 2.75) is 24.5 Å². The molecule has 4 atom stereocenters. The second-order valence-electron chi connectivity index (χ2n) is 9.65. The third-order valence-electron chi connectivity index (χ3n) is 7.24. The Hall–Kier alpha value is -3.70. The van der Waals surface area contributed by atoms with E-state index in [2.05, 4.69) is 0 Å². The molecule has 0 heterocycles. The van der Waals surface area contributed by atoms with Gasteiger partial charge in [-0.15, -0.1) is 0 Å². The van der Waals surface area contributed by atoms with Gasteiger partial charge in [-0.2, -0.15) is 0 Å². The molecule has 11 heteroatoms. The first kappa shape index (κ1) is 24.4. The summed E-state index contributed by atoms with van der Waals surface area (Å²) in [5.41, 5.74) is 1.91. The van der Waals surface area contributed by atoms with Gasteiger partial charge in [0.15, 0.2) is 11.4 Å². The summed E-state index contributed by atoms with van der Waals surface area (Å²) in [6, 6.07) is 1.48. The standard InChI is InChI=1S/C24H27N3O8/c1-26(2)17-12-8-9-7-11-10(23(34)27(3)4)5-6-13(28)15(11)18(29)14(9)20(31)24(12,35)21(32)16(19(17)30)22(25)33/h5-6,9,12,17,28-29,32,35H,7-8H2,1-4H3,(H2,25,33)/t9-,12-,17?,24-/m0/s1. The molecule has 0 spiro atoms. The summed E-state index contributed by atoms with van der Waals surface area (Å²) in [6.45, 7) is 0. The van der Waals surface area contributed by atoms with E-state index < -0.39 is 58.0 Å². The summed E-state index contributed by atoms with van der Waals surface area (Å²) >= 11 is 0. The van der Waals surface area contributed by atoms with Crippen LogP contribution in [-0.2, 0) is 20.8 Å². The number of hydrogen-bond donors (Lipinski definition) is 5. The van der Waals surface area contributed by atoms with Crippen LogP contribution in [-0.4, -0.2) is 93.4 Å². The van der Waals surface area contributed by atoms with Crippen molar-refractivity contribution < 1.29 is 39.6 Å². The number of nitrogens with two attached hydrogens (primary N) is 1. The number of benzene rings is 1. The first-order chi connectivity index (χ1) is 16.2. The number of primary amides is 1. The summed E-state index contributed by atoms with van der Waals surface area (Å²) in [5, 5.41) is 44.0. The molecule has 1 aromatic rings. The number of amides is 2. The lowest BCUT2D eigenvalue weighted by molar-refractivity contribution is -0.153. The van der Waals surface area contributed by atoms with E-state index in [-0.39, 0.29) is 41.2 Å². The molecule has 1 aromatic carbocycles. The number of hydrogen-bond acceptors (Lipinski definition) is 9. The predicted octanol–water partition coefficient (Wildman–Crippen LogP) is -0.334. The summed E-state index contributed by atoms with van der Waals surface area (Å²) in [5.74, 6) is -7.65. The number of ketones is 2. The number of carbonyl (C=O) groups is 4. The zero-order chi connectivity index (χ0) is 26.1. The van der Waals surface area contributed by atoms with Gasteiger partial charge in [0.1, 0.15) is 22.8 Å². The minimum Gasteiger partial charge on any atom is -0.508 e. The fourth-order valence-electron chi connectivity index (χ4n) is 5.69. The van der Waals surface area contributed by atoms with Crippen LogP contribution in [0.15, 0.2) is 29.0 Å². The van der Waals surface area contributed by atoms with E-state index in [4.69, 9.17) is 5.73 Å². The zero-order valence-corrected chi connectivity index (χ0v) is 19.7. The van der Waals surface area contributed by atoms with Crippen molar-refractivity contribution in [2.24, 2.45) is 17.6 Å². The molecular formula is C24H27N3O8. The molecule has 186 valence electrons. The summed E-state index contributed by atoms with van der Waals surface area (Å²) < 4.78 is 0. The number of phenols is 1. The number of fused-ring (bicyclic) bond motifs is 3. The van der Waals surface area contributed by atoms with Crippen LogP contribution in [0.2, 0.25) is 0 Å². The number of aromatic hydroxyl groups is 1. The molecule has 3 aliphatic rings. The van der Waals surface area contributed by atoms with Gasteiger partial charge in [0.2, 0.25) is 5.78 Å². The molecular weight excluding hydrogens is 458 g/mol. The third kappa shape index (κ3) is 3.18. The molecule has 2 amide bonds. The van der Waals surface area contributed by atoms with Gasteiger partial charge >= 0.3 is 0 Å². The Morgan fingerprint density at radius 1 is 1.09 bits per heavy atom. The smallest absolute Gasteiger partial charge is 0.255 e. The van der Waals surface area contributed by atoms with Crippen molar-refractivity contribution in [3.63, 3.8) is 0 Å². The normalized spacial score (nSPS) is 28.0. The lowest BCUT2D eigenvalue weighted by atomic mass is 9.57. The van der Waals surface area contributed by atoms with Crippen LogP contribution in [0.1, 0.15) is 27.9 Å². The van der Waals surface area contributed by atoms with Crippen molar-refractivity contribution in [1.29, 1.82) is 0 Å². The first-order valence-corrected chi connectivity index (χ1v) is 11.0. The molecule has 1 fully saturated rings. The highest BCUT2D eigenvalue weighted by Crippen LogP contribution is 2.52. The van der Waals surface area contributed by atoms with Crippen LogP contribution in [0, 0.1) is 11.8 Å². The van der Waals surface area contributed by atoms with Crippen LogP contribution in [0.25, 0.3) is 5.76 Å². The van der Waals surface area contributed by atoms with Gasteiger partial charge in [0.25, 0.3) is 11.8 Å².